The molecule has 3 heterocycles. The van der Waals surface area contributed by atoms with Gasteiger partial charge < -0.3 is 9.47 Å². The van der Waals surface area contributed by atoms with Gasteiger partial charge in [-0.2, -0.15) is 0 Å². The van der Waals surface area contributed by atoms with E-state index < -0.39 is 23.1 Å². The smallest absolute Gasteiger partial charge is 0.349 e. The van der Waals surface area contributed by atoms with E-state index in [1.807, 2.05) is 52.0 Å². The van der Waals surface area contributed by atoms with Crippen LogP contribution in [0.4, 0.5) is 0 Å². The molecule has 0 saturated heterocycles. The fourth-order valence-corrected chi connectivity index (χ4v) is 6.17. The summed E-state index contributed by atoms with van der Waals surface area (Å²) < 4.78 is 10.8. The van der Waals surface area contributed by atoms with Crippen molar-refractivity contribution >= 4 is 69.2 Å². The van der Waals surface area contributed by atoms with Gasteiger partial charge in [0.2, 0.25) is 0 Å². The summed E-state index contributed by atoms with van der Waals surface area (Å²) in [5, 5.41) is 0. The van der Waals surface area contributed by atoms with Crippen LogP contribution < -0.4 is 0 Å². The van der Waals surface area contributed by atoms with Crippen LogP contribution in [0.5, 0.6) is 0 Å². The standard InChI is InChI=1S/C24H26Cl2O4S3/c1-5-13(3)21(25)29-23(27)19-11-9-17(32-19)15-7-8-16(31-15)18-10-12-20(33-18)24(28)30-22(26)14(4)6-2/h7-14,21-22H,5-6H2,1-4H3/t13-,14-,21-,22-/m0/s1. The molecule has 0 aliphatic heterocycles. The molecule has 3 aromatic heterocycles. The lowest BCUT2D eigenvalue weighted by molar-refractivity contribution is 0.0360. The molecule has 0 aliphatic rings. The summed E-state index contributed by atoms with van der Waals surface area (Å²) in [5.41, 5.74) is -1.28. The van der Waals surface area contributed by atoms with Gasteiger partial charge in [0.25, 0.3) is 0 Å². The first-order valence-corrected chi connectivity index (χ1v) is 14.1. The van der Waals surface area contributed by atoms with E-state index in [4.69, 9.17) is 32.7 Å². The Morgan fingerprint density at radius 3 is 1.39 bits per heavy atom. The minimum Gasteiger partial charge on any atom is -0.442 e. The maximum atomic E-state index is 12.4. The van der Waals surface area contributed by atoms with E-state index in [9.17, 15) is 9.59 Å². The Hall–Kier alpha value is -1.38. The maximum absolute atomic E-state index is 12.4. The zero-order chi connectivity index (χ0) is 24.1. The third kappa shape index (κ3) is 6.61. The lowest BCUT2D eigenvalue weighted by Gasteiger charge is -2.16. The molecule has 4 nitrogen and oxygen atoms in total. The second-order valence-electron chi connectivity index (χ2n) is 7.78. The first-order chi connectivity index (χ1) is 15.7. The fraction of sp³-hybridized carbons (Fsp3) is 0.417. The Kier molecular flexibility index (Phi) is 9.42. The zero-order valence-electron chi connectivity index (χ0n) is 18.8. The van der Waals surface area contributed by atoms with Gasteiger partial charge in [-0.25, -0.2) is 9.59 Å². The van der Waals surface area contributed by atoms with E-state index in [1.54, 1.807) is 23.5 Å². The summed E-state index contributed by atoms with van der Waals surface area (Å²) in [6, 6.07) is 11.4. The predicted molar refractivity (Wildman–Crippen MR) is 140 cm³/mol. The van der Waals surface area contributed by atoms with Crippen LogP contribution in [-0.2, 0) is 9.47 Å². The van der Waals surface area contributed by atoms with E-state index in [0.29, 0.717) is 9.75 Å². The Balaban J connectivity index is 1.67. The van der Waals surface area contributed by atoms with Crippen LogP contribution in [0.1, 0.15) is 59.9 Å². The van der Waals surface area contributed by atoms with Crippen molar-refractivity contribution in [2.75, 3.05) is 0 Å². The van der Waals surface area contributed by atoms with Crippen LogP contribution in [0.2, 0.25) is 0 Å². The van der Waals surface area contributed by atoms with Crippen LogP contribution >= 0.6 is 57.2 Å². The summed E-state index contributed by atoms with van der Waals surface area (Å²) in [4.78, 5) is 29.9. The number of rotatable bonds is 10. The van der Waals surface area contributed by atoms with Crippen molar-refractivity contribution < 1.29 is 19.1 Å². The highest BCUT2D eigenvalue weighted by molar-refractivity contribution is 7.27. The number of hydrogen-bond donors (Lipinski definition) is 0. The van der Waals surface area contributed by atoms with Crippen LogP contribution in [0.25, 0.3) is 19.5 Å². The van der Waals surface area contributed by atoms with Crippen molar-refractivity contribution in [3.05, 3.63) is 46.2 Å². The summed E-state index contributed by atoms with van der Waals surface area (Å²) in [6.45, 7) is 7.92. The van der Waals surface area contributed by atoms with Crippen molar-refractivity contribution in [3.8, 4) is 19.5 Å². The molecule has 33 heavy (non-hydrogen) atoms. The van der Waals surface area contributed by atoms with Crippen LogP contribution in [-0.4, -0.2) is 23.1 Å². The van der Waals surface area contributed by atoms with Gasteiger partial charge in [-0.3, -0.25) is 0 Å². The highest BCUT2D eigenvalue weighted by atomic mass is 35.5. The van der Waals surface area contributed by atoms with Crippen LogP contribution in [0.3, 0.4) is 0 Å². The lowest BCUT2D eigenvalue weighted by atomic mass is 10.1. The van der Waals surface area contributed by atoms with E-state index in [2.05, 4.69) is 0 Å². The molecular formula is C24H26Cl2O4S3. The van der Waals surface area contributed by atoms with E-state index in [1.165, 1.54) is 22.7 Å². The van der Waals surface area contributed by atoms with Gasteiger partial charge in [-0.1, -0.05) is 50.9 Å². The van der Waals surface area contributed by atoms with E-state index in [-0.39, 0.29) is 11.8 Å². The van der Waals surface area contributed by atoms with Crippen molar-refractivity contribution in [2.45, 2.75) is 51.7 Å². The van der Waals surface area contributed by atoms with Crippen LogP contribution in [0.15, 0.2) is 36.4 Å². The van der Waals surface area contributed by atoms with E-state index in [0.717, 1.165) is 32.4 Å². The first-order valence-electron chi connectivity index (χ1n) is 10.7. The molecule has 0 unspecified atom stereocenters. The summed E-state index contributed by atoms with van der Waals surface area (Å²) in [7, 11) is 0. The van der Waals surface area contributed by atoms with Gasteiger partial charge in [-0.15, -0.1) is 34.0 Å². The molecule has 0 aromatic carbocycles. The van der Waals surface area contributed by atoms with Crippen molar-refractivity contribution in [2.24, 2.45) is 11.8 Å². The number of halogens is 2. The molecule has 0 fully saturated rings. The third-order valence-electron chi connectivity index (χ3n) is 5.33. The molecular weight excluding hydrogens is 519 g/mol. The molecule has 0 spiro atoms. The van der Waals surface area contributed by atoms with Crippen molar-refractivity contribution in [1.29, 1.82) is 0 Å². The lowest BCUT2D eigenvalue weighted by Crippen LogP contribution is -2.18. The first kappa shape index (κ1) is 26.2. The highest BCUT2D eigenvalue weighted by Gasteiger charge is 2.22. The molecule has 0 amide bonds. The molecule has 3 aromatic rings. The van der Waals surface area contributed by atoms with Gasteiger partial charge in [0, 0.05) is 31.3 Å². The molecule has 0 saturated carbocycles. The van der Waals surface area contributed by atoms with E-state index >= 15 is 0 Å². The summed E-state index contributed by atoms with van der Waals surface area (Å²) in [5.74, 6) is -0.624. The number of ether oxygens (including phenoxy) is 2. The highest BCUT2D eigenvalue weighted by Crippen LogP contribution is 2.40. The molecule has 0 bridgehead atoms. The Morgan fingerprint density at radius 1 is 0.697 bits per heavy atom. The zero-order valence-corrected chi connectivity index (χ0v) is 22.8. The van der Waals surface area contributed by atoms with Gasteiger partial charge in [0.15, 0.2) is 11.1 Å². The minimum absolute atomic E-state index is 0.0910. The Labute approximate surface area is 216 Å². The van der Waals surface area contributed by atoms with Gasteiger partial charge >= 0.3 is 11.9 Å². The number of thiophene rings is 3. The number of hydrogen-bond acceptors (Lipinski definition) is 7. The molecule has 178 valence electrons. The quantitative estimate of drug-likeness (QED) is 0.189. The number of alkyl halides is 2. The van der Waals surface area contributed by atoms with Crippen LogP contribution in [0, 0.1) is 11.8 Å². The molecule has 0 radical (unpaired) electrons. The second-order valence-corrected chi connectivity index (χ2v) is 11.9. The molecule has 0 aliphatic carbocycles. The topological polar surface area (TPSA) is 52.6 Å². The largest absolute Gasteiger partial charge is 0.442 e. The van der Waals surface area contributed by atoms with Crippen molar-refractivity contribution in [3.63, 3.8) is 0 Å². The van der Waals surface area contributed by atoms with Gasteiger partial charge in [0.05, 0.1) is 0 Å². The summed E-state index contributed by atoms with van der Waals surface area (Å²) in [6.07, 6.45) is 1.67. The van der Waals surface area contributed by atoms with Crippen molar-refractivity contribution in [1.82, 2.24) is 0 Å². The monoisotopic (exact) mass is 544 g/mol. The van der Waals surface area contributed by atoms with Gasteiger partial charge in [-0.05, 0) is 49.2 Å². The number of carbonyl (C=O) groups excluding carboxylic acids is 2. The SMILES string of the molecule is CC[C@H](C)[C@@H](Cl)OC(=O)c1ccc(-c2ccc(-c3ccc(C(=O)O[C@H](Cl)[C@@H](C)CC)s3)s2)s1. The summed E-state index contributed by atoms with van der Waals surface area (Å²) >= 11 is 16.7. The minimum atomic E-state index is -0.639. The Bertz CT molecular complexity index is 1000. The Morgan fingerprint density at radius 2 is 1.03 bits per heavy atom. The molecule has 9 heteroatoms. The number of carbonyl (C=O) groups is 2. The predicted octanol–water partition coefficient (Wildman–Crippen LogP) is 8.74. The average Bonchev–Trinajstić information content (AvgIpc) is 3.56. The molecule has 4 atom stereocenters. The third-order valence-corrected chi connectivity index (χ3v) is 9.97. The maximum Gasteiger partial charge on any atom is 0.349 e. The second kappa shape index (κ2) is 11.8. The molecule has 3 rings (SSSR count). The van der Waals surface area contributed by atoms with Gasteiger partial charge in [0.1, 0.15) is 9.75 Å². The number of esters is 2. The molecule has 0 N–H and O–H groups in total. The average molecular weight is 546 g/mol. The normalized spacial score (nSPS) is 15.0. The fourth-order valence-electron chi connectivity index (χ4n) is 2.69.